The molecular formula is C21H25F3N4O2. The largest absolute Gasteiger partial charge is 0.435 e. The van der Waals surface area contributed by atoms with Crippen molar-refractivity contribution in [3.8, 4) is 5.69 Å². The maximum absolute atomic E-state index is 13.7. The molecule has 1 saturated heterocycles. The molecule has 0 spiro atoms. The first-order valence-corrected chi connectivity index (χ1v) is 10.0. The van der Waals surface area contributed by atoms with Crippen molar-refractivity contribution in [3.05, 3.63) is 40.7 Å². The van der Waals surface area contributed by atoms with Gasteiger partial charge < -0.3 is 15.8 Å². The maximum Gasteiger partial charge on any atom is 0.435 e. The molecule has 30 heavy (non-hydrogen) atoms. The van der Waals surface area contributed by atoms with Gasteiger partial charge in [0.15, 0.2) is 5.69 Å². The Bertz CT molecular complexity index is 975. The Labute approximate surface area is 172 Å². The highest BCUT2D eigenvalue weighted by molar-refractivity contribution is 5.99. The van der Waals surface area contributed by atoms with Crippen molar-refractivity contribution in [2.45, 2.75) is 51.7 Å². The van der Waals surface area contributed by atoms with Crippen molar-refractivity contribution < 1.29 is 22.7 Å². The van der Waals surface area contributed by atoms with Gasteiger partial charge in [-0.3, -0.25) is 4.79 Å². The second kappa shape index (κ2) is 7.30. The number of aromatic nitrogens is 2. The first kappa shape index (κ1) is 20.7. The fourth-order valence-electron chi connectivity index (χ4n) is 4.24. The Hall–Kier alpha value is -2.55. The number of benzene rings is 1. The standard InChI is InChI=1S/C21H25F3N4O2/c1-20(2)7-5-15-17(10-20)28(27-18(15)21(22,23)24)13-3-4-14(19(25)29)16(9-13)26-12-6-8-30-11-12/h3-4,9,12,26H,5-8,10-11H2,1-2H3,(H2,25,29). The minimum Gasteiger partial charge on any atom is -0.379 e. The quantitative estimate of drug-likeness (QED) is 0.787. The van der Waals surface area contributed by atoms with Crippen LogP contribution in [0.5, 0.6) is 0 Å². The number of hydrogen-bond acceptors (Lipinski definition) is 4. The number of primary amides is 1. The summed E-state index contributed by atoms with van der Waals surface area (Å²) >= 11 is 0. The van der Waals surface area contributed by atoms with Gasteiger partial charge in [-0.05, 0) is 49.3 Å². The molecule has 0 bridgehead atoms. The number of amides is 1. The van der Waals surface area contributed by atoms with Gasteiger partial charge >= 0.3 is 6.18 Å². The lowest BCUT2D eigenvalue weighted by Gasteiger charge is -2.30. The summed E-state index contributed by atoms with van der Waals surface area (Å²) in [5.41, 5.74) is 6.61. The van der Waals surface area contributed by atoms with Gasteiger partial charge in [0, 0.05) is 23.6 Å². The lowest BCUT2D eigenvalue weighted by molar-refractivity contribution is -0.142. The Kier molecular flexibility index (Phi) is 5.04. The van der Waals surface area contributed by atoms with Crippen LogP contribution in [-0.4, -0.2) is 34.9 Å². The average molecular weight is 422 g/mol. The lowest BCUT2D eigenvalue weighted by Crippen LogP contribution is -2.25. The second-order valence-electron chi connectivity index (χ2n) is 8.82. The fourth-order valence-corrected chi connectivity index (χ4v) is 4.24. The molecule has 3 N–H and O–H groups in total. The molecule has 1 fully saturated rings. The molecule has 6 nitrogen and oxygen atoms in total. The van der Waals surface area contributed by atoms with Crippen LogP contribution in [0.1, 0.15) is 54.0 Å². The molecule has 1 aliphatic carbocycles. The van der Waals surface area contributed by atoms with Crippen LogP contribution < -0.4 is 11.1 Å². The number of rotatable bonds is 4. The number of carbonyl (C=O) groups excluding carboxylic acids is 1. The predicted molar refractivity (Wildman–Crippen MR) is 106 cm³/mol. The number of nitrogens with zero attached hydrogens (tertiary/aromatic N) is 2. The highest BCUT2D eigenvalue weighted by Gasteiger charge is 2.42. The molecule has 4 rings (SSSR count). The normalized spacial score (nSPS) is 20.8. The molecule has 9 heteroatoms. The van der Waals surface area contributed by atoms with Crippen LogP contribution in [0.2, 0.25) is 0 Å². The third kappa shape index (κ3) is 3.90. The van der Waals surface area contributed by atoms with Gasteiger partial charge in [0.1, 0.15) is 0 Å². The average Bonchev–Trinajstić information content (AvgIpc) is 3.27. The van der Waals surface area contributed by atoms with Crippen molar-refractivity contribution in [1.29, 1.82) is 0 Å². The summed E-state index contributed by atoms with van der Waals surface area (Å²) in [5, 5.41) is 7.21. The Morgan fingerprint density at radius 2 is 2.13 bits per heavy atom. The number of halogens is 3. The zero-order valence-corrected chi connectivity index (χ0v) is 17.0. The van der Waals surface area contributed by atoms with Crippen LogP contribution in [0.3, 0.4) is 0 Å². The van der Waals surface area contributed by atoms with Gasteiger partial charge in [0.25, 0.3) is 5.91 Å². The number of alkyl halides is 3. The minimum absolute atomic E-state index is 0.00885. The number of hydrogen-bond donors (Lipinski definition) is 2. The molecule has 1 aromatic carbocycles. The van der Waals surface area contributed by atoms with E-state index in [1.807, 2.05) is 13.8 Å². The minimum atomic E-state index is -4.52. The van der Waals surface area contributed by atoms with Crippen molar-refractivity contribution in [2.24, 2.45) is 11.1 Å². The van der Waals surface area contributed by atoms with E-state index < -0.39 is 17.8 Å². The SMILES string of the molecule is CC1(C)CCc2c(C(F)(F)F)nn(-c3ccc(C(N)=O)c(NC4CCOC4)c3)c2C1. The smallest absolute Gasteiger partial charge is 0.379 e. The zero-order valence-electron chi connectivity index (χ0n) is 17.0. The third-order valence-corrected chi connectivity index (χ3v) is 5.86. The highest BCUT2D eigenvalue weighted by atomic mass is 19.4. The fraction of sp³-hybridized carbons (Fsp3) is 0.524. The summed E-state index contributed by atoms with van der Waals surface area (Å²) in [7, 11) is 0. The van der Waals surface area contributed by atoms with Crippen molar-refractivity contribution in [2.75, 3.05) is 18.5 Å². The van der Waals surface area contributed by atoms with Gasteiger partial charge in [0.05, 0.1) is 23.9 Å². The van der Waals surface area contributed by atoms with E-state index in [1.54, 1.807) is 12.1 Å². The first-order valence-electron chi connectivity index (χ1n) is 10.0. The number of nitrogens with two attached hydrogens (primary N) is 1. The summed E-state index contributed by atoms with van der Waals surface area (Å²) in [4.78, 5) is 11.9. The first-order chi connectivity index (χ1) is 14.0. The predicted octanol–water partition coefficient (Wildman–Crippen LogP) is 3.71. The van der Waals surface area contributed by atoms with Crippen LogP contribution in [-0.2, 0) is 23.8 Å². The summed E-state index contributed by atoms with van der Waals surface area (Å²) in [6.45, 7) is 5.19. The molecule has 0 saturated carbocycles. The van der Waals surface area contributed by atoms with E-state index in [0.29, 0.717) is 49.5 Å². The topological polar surface area (TPSA) is 82.2 Å². The van der Waals surface area contributed by atoms with E-state index in [-0.39, 0.29) is 22.6 Å². The van der Waals surface area contributed by atoms with Crippen molar-refractivity contribution in [3.63, 3.8) is 0 Å². The second-order valence-corrected chi connectivity index (χ2v) is 8.82. The molecule has 1 amide bonds. The summed E-state index contributed by atoms with van der Waals surface area (Å²) in [6, 6.07) is 4.78. The Morgan fingerprint density at radius 1 is 1.37 bits per heavy atom. The van der Waals surface area contributed by atoms with E-state index in [2.05, 4.69) is 10.4 Å². The monoisotopic (exact) mass is 422 g/mol. The van der Waals surface area contributed by atoms with Crippen LogP contribution in [0.15, 0.2) is 18.2 Å². The Morgan fingerprint density at radius 3 is 2.77 bits per heavy atom. The van der Waals surface area contributed by atoms with E-state index in [4.69, 9.17) is 10.5 Å². The maximum atomic E-state index is 13.7. The van der Waals surface area contributed by atoms with Gasteiger partial charge in [0.2, 0.25) is 0 Å². The molecule has 2 heterocycles. The Balaban J connectivity index is 1.82. The summed E-state index contributed by atoms with van der Waals surface area (Å²) < 4.78 is 47.7. The molecule has 2 aromatic rings. The van der Waals surface area contributed by atoms with Crippen molar-refractivity contribution in [1.82, 2.24) is 9.78 Å². The molecule has 1 unspecified atom stereocenters. The molecule has 1 atom stereocenters. The molecule has 1 aliphatic heterocycles. The molecule has 2 aliphatic rings. The molecule has 1 aromatic heterocycles. The number of nitrogens with one attached hydrogen (secondary N) is 1. The number of anilines is 1. The lowest BCUT2D eigenvalue weighted by atomic mass is 9.76. The number of ether oxygens (including phenoxy) is 1. The van der Waals surface area contributed by atoms with Crippen molar-refractivity contribution >= 4 is 11.6 Å². The van der Waals surface area contributed by atoms with Gasteiger partial charge in [-0.1, -0.05) is 13.8 Å². The van der Waals surface area contributed by atoms with E-state index in [0.717, 1.165) is 6.42 Å². The zero-order chi connectivity index (χ0) is 21.7. The highest BCUT2D eigenvalue weighted by Crippen LogP contribution is 2.42. The van der Waals surface area contributed by atoms with Gasteiger partial charge in [-0.2, -0.15) is 18.3 Å². The molecule has 0 radical (unpaired) electrons. The third-order valence-electron chi connectivity index (χ3n) is 5.86. The molecular weight excluding hydrogens is 397 g/mol. The van der Waals surface area contributed by atoms with Crippen LogP contribution >= 0.6 is 0 Å². The van der Waals surface area contributed by atoms with E-state index in [1.165, 1.54) is 10.7 Å². The van der Waals surface area contributed by atoms with Crippen LogP contribution in [0.4, 0.5) is 18.9 Å². The van der Waals surface area contributed by atoms with Gasteiger partial charge in [-0.25, -0.2) is 4.68 Å². The molecule has 162 valence electrons. The van der Waals surface area contributed by atoms with E-state index >= 15 is 0 Å². The number of fused-ring (bicyclic) bond motifs is 1. The van der Waals surface area contributed by atoms with Gasteiger partial charge in [-0.15, -0.1) is 0 Å². The number of carbonyl (C=O) groups is 1. The van der Waals surface area contributed by atoms with Crippen LogP contribution in [0.25, 0.3) is 5.69 Å². The van der Waals surface area contributed by atoms with Crippen LogP contribution in [0, 0.1) is 5.41 Å². The van der Waals surface area contributed by atoms with E-state index in [9.17, 15) is 18.0 Å². The summed E-state index contributed by atoms with van der Waals surface area (Å²) in [6.07, 6.45) is -2.26. The summed E-state index contributed by atoms with van der Waals surface area (Å²) in [5.74, 6) is -0.609.